The van der Waals surface area contributed by atoms with Crippen molar-refractivity contribution in [1.82, 2.24) is 0 Å². The molecule has 0 unspecified atom stereocenters. The van der Waals surface area contributed by atoms with Crippen molar-refractivity contribution in [3.8, 4) is 0 Å². The lowest BCUT2D eigenvalue weighted by Gasteiger charge is -2.22. The molecule has 200 valence electrons. The largest absolute Gasteiger partial charge is 0.106 e. The third-order valence-corrected chi connectivity index (χ3v) is 5.68. The molecule has 0 atom stereocenters. The molecule has 0 spiro atoms. The molecule has 0 aliphatic carbocycles. The molecule has 0 saturated carbocycles. The van der Waals surface area contributed by atoms with Crippen LogP contribution < -0.4 is 0 Å². The van der Waals surface area contributed by atoms with E-state index in [4.69, 9.17) is 12.2 Å². The van der Waals surface area contributed by atoms with Crippen LogP contribution in [0, 0.1) is 20.8 Å². The molecule has 0 aromatic heterocycles. The number of hydrogen-bond acceptors (Lipinski definition) is 1. The van der Waals surface area contributed by atoms with Gasteiger partial charge in [0.1, 0.15) is 0 Å². The van der Waals surface area contributed by atoms with Crippen molar-refractivity contribution in [2.24, 2.45) is 0 Å². The van der Waals surface area contributed by atoms with Crippen LogP contribution >= 0.6 is 12.2 Å². The zero-order valence-corrected chi connectivity index (χ0v) is 25.3. The van der Waals surface area contributed by atoms with Gasteiger partial charge in [0.25, 0.3) is 0 Å². The Balaban J connectivity index is -0.000000483. The van der Waals surface area contributed by atoms with E-state index in [1.807, 2.05) is 6.92 Å². The van der Waals surface area contributed by atoms with Crippen molar-refractivity contribution in [2.45, 2.75) is 128 Å². The Morgan fingerprint density at radius 1 is 0.829 bits per heavy atom. The van der Waals surface area contributed by atoms with Crippen LogP contribution in [0.2, 0.25) is 0 Å². The maximum absolute atomic E-state index is 5.13. The van der Waals surface area contributed by atoms with Gasteiger partial charge >= 0.3 is 0 Å². The second kappa shape index (κ2) is 20.5. The van der Waals surface area contributed by atoms with Gasteiger partial charge in [-0.3, -0.25) is 0 Å². The Labute approximate surface area is 226 Å². The number of rotatable bonds is 6. The summed E-state index contributed by atoms with van der Waals surface area (Å²) in [6.07, 6.45) is 7.14. The van der Waals surface area contributed by atoms with E-state index in [2.05, 4.69) is 113 Å². The van der Waals surface area contributed by atoms with Crippen LogP contribution in [0.1, 0.15) is 121 Å². The van der Waals surface area contributed by atoms with Crippen LogP contribution in [-0.4, -0.2) is 4.86 Å². The fourth-order valence-corrected chi connectivity index (χ4v) is 4.16. The van der Waals surface area contributed by atoms with Crippen molar-refractivity contribution in [3.63, 3.8) is 0 Å². The highest BCUT2D eigenvalue weighted by Crippen LogP contribution is 2.26. The van der Waals surface area contributed by atoms with Crippen LogP contribution in [0.3, 0.4) is 0 Å². The Morgan fingerprint density at radius 3 is 1.74 bits per heavy atom. The lowest BCUT2D eigenvalue weighted by atomic mass is 9.83. The molecule has 0 fully saturated rings. The number of benzene rings is 2. The van der Waals surface area contributed by atoms with E-state index in [1.165, 1.54) is 59.9 Å². The molecule has 2 rings (SSSR count). The van der Waals surface area contributed by atoms with Gasteiger partial charge in [0.2, 0.25) is 0 Å². The Morgan fingerprint density at radius 2 is 1.34 bits per heavy atom. The monoisotopic (exact) mass is 498 g/mol. The van der Waals surface area contributed by atoms with Crippen LogP contribution in [0.15, 0.2) is 43.5 Å². The highest BCUT2D eigenvalue weighted by Gasteiger charge is 2.15. The van der Waals surface area contributed by atoms with Gasteiger partial charge in [0.15, 0.2) is 0 Å². The molecular formula is C34H58S. The predicted octanol–water partition coefficient (Wildman–Crippen LogP) is 11.3. The van der Waals surface area contributed by atoms with Crippen molar-refractivity contribution in [1.29, 1.82) is 0 Å². The number of hydrogen-bond donors (Lipinski definition) is 0. The Bertz CT molecular complexity index is 836. The molecule has 2 aromatic rings. The molecular weight excluding hydrogens is 440 g/mol. The lowest BCUT2D eigenvalue weighted by Crippen LogP contribution is -2.13. The summed E-state index contributed by atoms with van der Waals surface area (Å²) in [5.74, 6) is 0. The van der Waals surface area contributed by atoms with Gasteiger partial charge in [0, 0.05) is 6.42 Å². The van der Waals surface area contributed by atoms with Crippen LogP contribution in [0.25, 0.3) is 0 Å². The third-order valence-electron chi connectivity index (χ3n) is 5.54. The van der Waals surface area contributed by atoms with Crippen molar-refractivity contribution >= 4 is 17.1 Å². The summed E-state index contributed by atoms with van der Waals surface area (Å²) < 4.78 is 0. The smallest absolute Gasteiger partial charge is 0.00355 e. The normalized spacial score (nSPS) is 9.80. The van der Waals surface area contributed by atoms with Gasteiger partial charge in [-0.05, 0) is 89.8 Å². The standard InChI is InChI=1S/C14H20S.C14H22.C3H8.C2H4.CH4/c1-10-8-12(9-11(2)15)6-7-13(10)14(3,4)5;1-5-7-13-10-9-11(3)12(4)14(13)8-6-2;1-3-2;1-2;/h6-8H,9H2,1-5H3;9-10H,5-8H2,1-4H3;3H2,1-2H3;1-2H2;1H4. The minimum atomic E-state index is 0. The van der Waals surface area contributed by atoms with E-state index in [0.717, 1.165) is 11.3 Å². The van der Waals surface area contributed by atoms with Crippen molar-refractivity contribution in [3.05, 3.63) is 82.4 Å². The first-order chi connectivity index (χ1) is 15.9. The maximum Gasteiger partial charge on any atom is 0.00355 e. The highest BCUT2D eigenvalue weighted by atomic mass is 32.1. The van der Waals surface area contributed by atoms with Gasteiger partial charge in [-0.1, -0.05) is 118 Å². The minimum Gasteiger partial charge on any atom is -0.106 e. The van der Waals surface area contributed by atoms with E-state index in [1.54, 1.807) is 11.1 Å². The van der Waals surface area contributed by atoms with Gasteiger partial charge in [0.05, 0.1) is 0 Å². The molecule has 1 heteroatoms. The summed E-state index contributed by atoms with van der Waals surface area (Å²) in [4.78, 5) is 1.05. The summed E-state index contributed by atoms with van der Waals surface area (Å²) in [7, 11) is 0. The summed E-state index contributed by atoms with van der Waals surface area (Å²) in [6, 6.07) is 11.3. The van der Waals surface area contributed by atoms with Crippen LogP contribution in [0.5, 0.6) is 0 Å². The quantitative estimate of drug-likeness (QED) is 0.282. The number of thiocarbonyl (C=S) groups is 1. The van der Waals surface area contributed by atoms with Gasteiger partial charge in [-0.25, -0.2) is 0 Å². The fourth-order valence-electron chi connectivity index (χ4n) is 4.00. The molecule has 0 aliphatic heterocycles. The summed E-state index contributed by atoms with van der Waals surface area (Å²) in [5.41, 5.74) is 10.5. The molecule has 2 aromatic carbocycles. The molecule has 0 nitrogen and oxygen atoms in total. The predicted molar refractivity (Wildman–Crippen MR) is 170 cm³/mol. The first-order valence-corrected chi connectivity index (χ1v) is 13.5. The molecule has 35 heavy (non-hydrogen) atoms. The first kappa shape index (κ1) is 37.8. The minimum absolute atomic E-state index is 0. The second-order valence-corrected chi connectivity index (χ2v) is 10.8. The first-order valence-electron chi connectivity index (χ1n) is 13.1. The summed E-state index contributed by atoms with van der Waals surface area (Å²) in [5, 5.41) is 0. The summed E-state index contributed by atoms with van der Waals surface area (Å²) in [6.45, 7) is 30.2. The topological polar surface area (TPSA) is 0 Å². The van der Waals surface area contributed by atoms with Crippen LogP contribution in [0.4, 0.5) is 0 Å². The molecule has 0 N–H and O–H groups in total. The average molecular weight is 499 g/mol. The third kappa shape index (κ3) is 15.1. The van der Waals surface area contributed by atoms with Gasteiger partial charge in [-0.2, -0.15) is 0 Å². The SMILES string of the molecule is C.C=C.CC(=S)Cc1ccc(C(C)(C)C)c(C)c1.CCC.CCCc1ccc(C)c(C)c1CCC. The van der Waals surface area contributed by atoms with E-state index in [9.17, 15) is 0 Å². The zero-order valence-electron chi connectivity index (χ0n) is 24.5. The second-order valence-electron chi connectivity index (χ2n) is 10.1. The van der Waals surface area contributed by atoms with E-state index in [-0.39, 0.29) is 12.8 Å². The number of aryl methyl sites for hydroxylation is 3. The maximum atomic E-state index is 5.13. The average Bonchev–Trinajstić information content (AvgIpc) is 2.75. The zero-order chi connectivity index (χ0) is 26.9. The van der Waals surface area contributed by atoms with Crippen molar-refractivity contribution in [2.75, 3.05) is 0 Å². The Kier molecular flexibility index (Phi) is 22.1. The molecule has 0 aliphatic rings. The highest BCUT2D eigenvalue weighted by molar-refractivity contribution is 7.80. The van der Waals surface area contributed by atoms with Gasteiger partial charge in [-0.15, -0.1) is 13.2 Å². The van der Waals surface area contributed by atoms with Gasteiger partial charge < -0.3 is 0 Å². The lowest BCUT2D eigenvalue weighted by molar-refractivity contribution is 0.586. The van der Waals surface area contributed by atoms with Crippen LogP contribution in [-0.2, 0) is 24.7 Å². The van der Waals surface area contributed by atoms with E-state index < -0.39 is 0 Å². The van der Waals surface area contributed by atoms with E-state index >= 15 is 0 Å². The summed E-state index contributed by atoms with van der Waals surface area (Å²) >= 11 is 5.13. The molecule has 0 saturated heterocycles. The molecule has 0 bridgehead atoms. The molecule has 0 radical (unpaired) electrons. The molecule has 0 heterocycles. The fraction of sp³-hybridized carbons (Fsp3) is 0.559. The van der Waals surface area contributed by atoms with E-state index in [0.29, 0.717) is 0 Å². The van der Waals surface area contributed by atoms with Crippen molar-refractivity contribution < 1.29 is 0 Å². The Hall–Kier alpha value is -1.73. The molecule has 0 amide bonds.